The van der Waals surface area contributed by atoms with Gasteiger partial charge in [-0.25, -0.2) is 13.2 Å². The lowest BCUT2D eigenvalue weighted by Crippen LogP contribution is -2.20. The largest absolute Gasteiger partial charge is 0.325 e. The normalized spacial score (nSPS) is 10.9. The van der Waals surface area contributed by atoms with Gasteiger partial charge in [-0.05, 0) is 41.8 Å². The third kappa shape index (κ3) is 4.17. The molecule has 0 atom stereocenters. The number of rotatable bonds is 5. The quantitative estimate of drug-likeness (QED) is 0.484. The number of hydrogen-bond acceptors (Lipinski definition) is 3. The lowest BCUT2D eigenvalue weighted by molar-refractivity contribution is 0.444. The molecule has 3 aromatic rings. The minimum absolute atomic E-state index is 0.0195. The Labute approximate surface area is 162 Å². The van der Waals surface area contributed by atoms with Gasteiger partial charge in [0.1, 0.15) is 0 Å². The van der Waals surface area contributed by atoms with Gasteiger partial charge in [-0.2, -0.15) is 9.37 Å². The smallest absolute Gasteiger partial charge is 0.310 e. The van der Waals surface area contributed by atoms with Crippen molar-refractivity contribution in [2.75, 3.05) is 5.32 Å². The highest BCUT2D eigenvalue weighted by Gasteiger charge is 2.14. The van der Waals surface area contributed by atoms with Crippen LogP contribution in [0.2, 0.25) is 5.02 Å². The molecular weight excluding hydrogens is 398 g/mol. The number of nitrogens with zero attached hydrogens (tertiary/aromatic N) is 2. The summed E-state index contributed by atoms with van der Waals surface area (Å²) in [5.74, 6) is -5.55. The average molecular weight is 412 g/mol. The number of nitrogens with one attached hydrogen (secondary N) is 1. The van der Waals surface area contributed by atoms with Gasteiger partial charge in [-0.3, -0.25) is 4.79 Å². The van der Waals surface area contributed by atoms with Crippen LogP contribution in [0.15, 0.2) is 41.3 Å². The van der Waals surface area contributed by atoms with E-state index in [9.17, 15) is 22.4 Å². The van der Waals surface area contributed by atoms with E-state index in [1.54, 1.807) is 18.2 Å². The molecule has 0 amide bonds. The van der Waals surface area contributed by atoms with Gasteiger partial charge in [0.15, 0.2) is 17.5 Å². The predicted molar refractivity (Wildman–Crippen MR) is 98.0 cm³/mol. The Kier molecular flexibility index (Phi) is 5.69. The maximum Gasteiger partial charge on any atom is 0.310 e. The Morgan fingerprint density at radius 1 is 1.07 bits per heavy atom. The fourth-order valence-electron chi connectivity index (χ4n) is 2.68. The molecule has 9 heteroatoms. The molecule has 4 nitrogen and oxygen atoms in total. The maximum atomic E-state index is 13.8. The minimum atomic E-state index is -1.60. The van der Waals surface area contributed by atoms with Gasteiger partial charge in [0.2, 0.25) is 11.8 Å². The highest BCUT2D eigenvalue weighted by molar-refractivity contribution is 6.30. The van der Waals surface area contributed by atoms with E-state index in [-0.39, 0.29) is 18.1 Å². The number of aryl methyl sites for hydroxylation is 1. The van der Waals surface area contributed by atoms with Gasteiger partial charge < -0.3 is 9.88 Å². The zero-order valence-corrected chi connectivity index (χ0v) is 15.3. The molecular formula is C19H14ClF4N3O. The van der Waals surface area contributed by atoms with Crippen molar-refractivity contribution in [2.45, 2.75) is 19.9 Å². The van der Waals surface area contributed by atoms with Crippen LogP contribution >= 0.6 is 11.6 Å². The van der Waals surface area contributed by atoms with Gasteiger partial charge in [0.05, 0.1) is 6.54 Å². The number of hydrogen-bond donors (Lipinski definition) is 1. The summed E-state index contributed by atoms with van der Waals surface area (Å²) in [6, 6.07) is 6.66. The second-order valence-electron chi connectivity index (χ2n) is 6.00. The van der Waals surface area contributed by atoms with Gasteiger partial charge in [-0.15, -0.1) is 0 Å². The number of aromatic nitrogens is 2. The molecule has 0 saturated heterocycles. The van der Waals surface area contributed by atoms with E-state index in [4.69, 9.17) is 11.6 Å². The van der Waals surface area contributed by atoms with Gasteiger partial charge in [0.25, 0.3) is 0 Å². The van der Waals surface area contributed by atoms with Crippen LogP contribution in [0.25, 0.3) is 0 Å². The third-order valence-electron chi connectivity index (χ3n) is 4.05. The molecule has 28 heavy (non-hydrogen) atoms. The first-order chi connectivity index (χ1) is 13.3. The molecule has 0 saturated carbocycles. The molecule has 3 rings (SSSR count). The maximum absolute atomic E-state index is 13.8. The summed E-state index contributed by atoms with van der Waals surface area (Å²) in [6.45, 7) is 1.65. The van der Waals surface area contributed by atoms with E-state index < -0.39 is 28.8 Å². The monoisotopic (exact) mass is 411 g/mol. The molecule has 146 valence electrons. The fourth-order valence-corrected chi connectivity index (χ4v) is 2.85. The Bertz CT molecular complexity index is 1080. The summed E-state index contributed by atoms with van der Waals surface area (Å²) in [5.41, 5.74) is 0.313. The lowest BCUT2D eigenvalue weighted by atomic mass is 10.1. The standard InChI is InChI=1S/C19H14ClF4N3O/c1-2-11-3-4-12(20)7-16(11)25-19-26-18(28)15(23)9-27(19)8-10-5-13(21)17(24)14(22)6-10/h3-7,9H,2,8H2,1H3,(H,25,26,28). The molecule has 1 N–H and O–H groups in total. The summed E-state index contributed by atoms with van der Waals surface area (Å²) >= 11 is 6.01. The molecule has 0 aliphatic carbocycles. The van der Waals surface area contributed by atoms with Crippen LogP contribution in [0.3, 0.4) is 0 Å². The number of halogens is 5. The molecule has 1 aromatic heterocycles. The molecule has 0 unspecified atom stereocenters. The van der Waals surface area contributed by atoms with E-state index in [1.165, 1.54) is 0 Å². The summed E-state index contributed by atoms with van der Waals surface area (Å²) < 4.78 is 55.1. The van der Waals surface area contributed by atoms with Crippen LogP contribution in [-0.4, -0.2) is 9.55 Å². The van der Waals surface area contributed by atoms with Gasteiger partial charge >= 0.3 is 5.56 Å². The molecule has 2 aromatic carbocycles. The zero-order valence-electron chi connectivity index (χ0n) is 14.6. The average Bonchev–Trinajstić information content (AvgIpc) is 2.64. The molecule has 0 fully saturated rings. The summed E-state index contributed by atoms with van der Waals surface area (Å²) in [4.78, 5) is 15.3. The third-order valence-corrected chi connectivity index (χ3v) is 4.28. The first kappa shape index (κ1) is 19.9. The van der Waals surface area contributed by atoms with Crippen molar-refractivity contribution in [3.63, 3.8) is 0 Å². The van der Waals surface area contributed by atoms with Crippen LogP contribution in [0, 0.1) is 23.3 Å². The number of anilines is 2. The van der Waals surface area contributed by atoms with Crippen molar-refractivity contribution in [2.24, 2.45) is 0 Å². The van der Waals surface area contributed by atoms with Crippen molar-refractivity contribution < 1.29 is 17.6 Å². The Balaban J connectivity index is 2.04. The highest BCUT2D eigenvalue weighted by Crippen LogP contribution is 2.25. The van der Waals surface area contributed by atoms with Crippen LogP contribution in [0.5, 0.6) is 0 Å². The lowest BCUT2D eigenvalue weighted by Gasteiger charge is -2.16. The van der Waals surface area contributed by atoms with E-state index in [0.717, 1.165) is 28.5 Å². The summed E-state index contributed by atoms with van der Waals surface area (Å²) in [5, 5.41) is 3.33. The molecule has 0 spiro atoms. The van der Waals surface area contributed by atoms with E-state index >= 15 is 0 Å². The van der Waals surface area contributed by atoms with Crippen molar-refractivity contribution in [3.8, 4) is 0 Å². The van der Waals surface area contributed by atoms with E-state index in [2.05, 4.69) is 10.3 Å². The first-order valence-electron chi connectivity index (χ1n) is 8.24. The minimum Gasteiger partial charge on any atom is -0.325 e. The van der Waals surface area contributed by atoms with Crippen molar-refractivity contribution in [3.05, 3.63) is 86.3 Å². The SMILES string of the molecule is CCc1ccc(Cl)cc1Nc1nc(=O)c(F)cn1Cc1cc(F)c(F)c(F)c1. The fraction of sp³-hybridized carbons (Fsp3) is 0.158. The molecule has 0 aliphatic heterocycles. The van der Waals surface area contributed by atoms with Gasteiger partial charge in [0, 0.05) is 16.9 Å². The van der Waals surface area contributed by atoms with E-state index in [1.807, 2.05) is 6.92 Å². The van der Waals surface area contributed by atoms with Crippen molar-refractivity contribution in [1.29, 1.82) is 0 Å². The second-order valence-corrected chi connectivity index (χ2v) is 6.44. The van der Waals surface area contributed by atoms with Crippen molar-refractivity contribution >= 4 is 23.2 Å². The summed E-state index contributed by atoms with van der Waals surface area (Å²) in [6.07, 6.45) is 1.49. The van der Waals surface area contributed by atoms with Crippen LogP contribution < -0.4 is 10.9 Å². The van der Waals surface area contributed by atoms with Crippen LogP contribution in [0.4, 0.5) is 29.2 Å². The van der Waals surface area contributed by atoms with Crippen molar-refractivity contribution in [1.82, 2.24) is 9.55 Å². The molecule has 0 radical (unpaired) electrons. The Hall–Kier alpha value is -2.87. The highest BCUT2D eigenvalue weighted by atomic mass is 35.5. The van der Waals surface area contributed by atoms with Crippen LogP contribution in [-0.2, 0) is 13.0 Å². The van der Waals surface area contributed by atoms with Gasteiger partial charge in [-0.1, -0.05) is 24.6 Å². The molecule has 0 aliphatic rings. The number of benzene rings is 2. The zero-order chi connectivity index (χ0) is 20.4. The summed E-state index contributed by atoms with van der Waals surface area (Å²) in [7, 11) is 0. The first-order valence-corrected chi connectivity index (χ1v) is 8.62. The Morgan fingerprint density at radius 2 is 1.75 bits per heavy atom. The Morgan fingerprint density at radius 3 is 2.39 bits per heavy atom. The van der Waals surface area contributed by atoms with Crippen LogP contribution in [0.1, 0.15) is 18.1 Å². The topological polar surface area (TPSA) is 46.9 Å². The van der Waals surface area contributed by atoms with E-state index in [0.29, 0.717) is 17.1 Å². The predicted octanol–water partition coefficient (Wildman–Crippen LogP) is 4.81. The second kappa shape index (κ2) is 8.02. The molecule has 0 bridgehead atoms. The molecule has 1 heterocycles.